The van der Waals surface area contributed by atoms with Crippen LogP contribution < -0.4 is 0 Å². The second kappa shape index (κ2) is 23.5. The van der Waals surface area contributed by atoms with E-state index in [1.54, 1.807) is 0 Å². The second-order valence-electron chi connectivity index (χ2n) is 7.69. The molecule has 0 nitrogen and oxygen atoms in total. The average Bonchev–Trinajstić information content (AvgIpc) is 2.63. The van der Waals surface area contributed by atoms with Crippen molar-refractivity contribution in [1.29, 1.82) is 0 Å². The molecule has 0 saturated heterocycles. The Morgan fingerprint density at radius 1 is 0.320 bits per heavy atom. The van der Waals surface area contributed by atoms with Crippen LogP contribution in [0.5, 0.6) is 0 Å². The van der Waals surface area contributed by atoms with Gasteiger partial charge in [0.05, 0.1) is 0 Å². The van der Waals surface area contributed by atoms with Gasteiger partial charge in [-0.15, -0.1) is 0 Å². The Labute approximate surface area is 160 Å². The Morgan fingerprint density at radius 2 is 0.560 bits per heavy atom. The Morgan fingerprint density at radius 3 is 0.920 bits per heavy atom. The molecule has 0 saturated carbocycles. The quantitative estimate of drug-likeness (QED) is 0.152. The first-order valence-corrected chi connectivity index (χ1v) is 11.7. The number of hydrogen-bond donors (Lipinski definition) is 0. The average molecular weight is 349 g/mol. The van der Waals surface area contributed by atoms with Gasteiger partial charge in [-0.05, 0) is 51.4 Å². The molecule has 0 bridgehead atoms. The minimum absolute atomic E-state index is 1.29. The van der Waals surface area contributed by atoms with Crippen LogP contribution >= 0.6 is 0 Å². The van der Waals surface area contributed by atoms with E-state index in [1.807, 2.05) is 0 Å². The highest BCUT2D eigenvalue weighted by Crippen LogP contribution is 2.11. The fraction of sp³-hybridized carbons (Fsp3) is 0.840. The highest BCUT2D eigenvalue weighted by Gasteiger charge is 1.91. The zero-order valence-corrected chi connectivity index (χ0v) is 17.7. The van der Waals surface area contributed by atoms with Crippen molar-refractivity contribution in [2.75, 3.05) is 0 Å². The molecule has 0 atom stereocenters. The Hall–Kier alpha value is -0.520. The minimum Gasteiger partial charge on any atom is -0.0885 e. The third-order valence-corrected chi connectivity index (χ3v) is 5.02. The molecule has 25 heavy (non-hydrogen) atoms. The first-order valence-electron chi connectivity index (χ1n) is 11.7. The van der Waals surface area contributed by atoms with Gasteiger partial charge in [-0.1, -0.05) is 109 Å². The van der Waals surface area contributed by atoms with Crippen molar-refractivity contribution < 1.29 is 0 Å². The minimum atomic E-state index is 1.29. The fourth-order valence-corrected chi connectivity index (χ4v) is 3.26. The number of hydrogen-bond acceptors (Lipinski definition) is 0. The van der Waals surface area contributed by atoms with Gasteiger partial charge in [0.2, 0.25) is 0 Å². The van der Waals surface area contributed by atoms with Gasteiger partial charge < -0.3 is 0 Å². The van der Waals surface area contributed by atoms with Crippen LogP contribution in [-0.2, 0) is 0 Å². The Kier molecular flexibility index (Phi) is 23.0. The highest BCUT2D eigenvalue weighted by molar-refractivity contribution is 4.82. The van der Waals surface area contributed by atoms with Crippen LogP contribution in [0.2, 0.25) is 0 Å². The Bertz CT molecular complexity index is 274. The topological polar surface area (TPSA) is 0 Å². The van der Waals surface area contributed by atoms with Crippen LogP contribution in [-0.4, -0.2) is 0 Å². The lowest BCUT2D eigenvalue weighted by molar-refractivity contribution is 0.598. The molecule has 0 heterocycles. The van der Waals surface area contributed by atoms with Gasteiger partial charge in [-0.3, -0.25) is 0 Å². The molecule has 0 fully saturated rings. The molecule has 0 aromatic rings. The molecule has 0 aliphatic heterocycles. The zero-order chi connectivity index (χ0) is 18.3. The maximum absolute atomic E-state index is 2.43. The van der Waals surface area contributed by atoms with E-state index in [2.05, 4.69) is 38.2 Å². The van der Waals surface area contributed by atoms with E-state index in [4.69, 9.17) is 0 Å². The zero-order valence-electron chi connectivity index (χ0n) is 17.7. The molecule has 0 heteroatoms. The molecule has 0 aromatic carbocycles. The summed E-state index contributed by atoms with van der Waals surface area (Å²) in [6.45, 7) is 4.56. The van der Waals surface area contributed by atoms with E-state index < -0.39 is 0 Å². The normalized spacial score (nSPS) is 11.9. The molecule has 0 radical (unpaired) electrons. The van der Waals surface area contributed by atoms with Gasteiger partial charge in [-0.25, -0.2) is 0 Å². The van der Waals surface area contributed by atoms with Gasteiger partial charge in [0, 0.05) is 0 Å². The predicted molar refractivity (Wildman–Crippen MR) is 117 cm³/mol. The van der Waals surface area contributed by atoms with Gasteiger partial charge in [-0.2, -0.15) is 0 Å². The van der Waals surface area contributed by atoms with Gasteiger partial charge in [0.25, 0.3) is 0 Å². The molecular weight excluding hydrogens is 300 g/mol. The summed E-state index contributed by atoms with van der Waals surface area (Å²) in [5.74, 6) is 0. The van der Waals surface area contributed by atoms with Crippen molar-refractivity contribution in [3.05, 3.63) is 24.3 Å². The van der Waals surface area contributed by atoms with E-state index in [1.165, 1.54) is 122 Å². The van der Waals surface area contributed by atoms with Crippen molar-refractivity contribution in [2.45, 2.75) is 136 Å². The van der Waals surface area contributed by atoms with E-state index in [9.17, 15) is 0 Å². The summed E-state index contributed by atoms with van der Waals surface area (Å²) >= 11 is 0. The number of allylic oxidation sites excluding steroid dienone is 4. The lowest BCUT2D eigenvalue weighted by Crippen LogP contribution is -1.80. The lowest BCUT2D eigenvalue weighted by Gasteiger charge is -2.00. The highest BCUT2D eigenvalue weighted by atomic mass is 14.0. The molecule has 0 aromatic heterocycles. The molecular formula is C25H48. The second-order valence-corrected chi connectivity index (χ2v) is 7.69. The summed E-state index contributed by atoms with van der Waals surface area (Å²) in [6.07, 6.45) is 35.9. The Balaban J connectivity index is 3.09. The van der Waals surface area contributed by atoms with Crippen LogP contribution in [0, 0.1) is 0 Å². The van der Waals surface area contributed by atoms with Crippen LogP contribution in [0.15, 0.2) is 24.3 Å². The van der Waals surface area contributed by atoms with Gasteiger partial charge >= 0.3 is 0 Å². The molecule has 0 rings (SSSR count). The van der Waals surface area contributed by atoms with Crippen LogP contribution in [0.25, 0.3) is 0 Å². The summed E-state index contributed by atoms with van der Waals surface area (Å²) in [5.41, 5.74) is 0. The van der Waals surface area contributed by atoms with Crippen molar-refractivity contribution in [2.24, 2.45) is 0 Å². The van der Waals surface area contributed by atoms with Crippen molar-refractivity contribution in [1.82, 2.24) is 0 Å². The van der Waals surface area contributed by atoms with E-state index in [0.29, 0.717) is 0 Å². The summed E-state index contributed by atoms with van der Waals surface area (Å²) in [6, 6.07) is 0. The summed E-state index contributed by atoms with van der Waals surface area (Å²) in [7, 11) is 0. The van der Waals surface area contributed by atoms with Crippen molar-refractivity contribution in [3.8, 4) is 0 Å². The molecule has 0 spiro atoms. The lowest BCUT2D eigenvalue weighted by atomic mass is 10.1. The van der Waals surface area contributed by atoms with Crippen LogP contribution in [0.3, 0.4) is 0 Å². The molecule has 148 valence electrons. The predicted octanol–water partition coefficient (Wildman–Crippen LogP) is 9.55. The number of rotatable bonds is 20. The third kappa shape index (κ3) is 23.5. The van der Waals surface area contributed by atoms with E-state index in [0.717, 1.165) is 0 Å². The molecule has 0 aliphatic rings. The smallest absolute Gasteiger partial charge is 0.0351 e. The third-order valence-electron chi connectivity index (χ3n) is 5.02. The van der Waals surface area contributed by atoms with E-state index in [-0.39, 0.29) is 0 Å². The number of unbranched alkanes of at least 4 members (excludes halogenated alkanes) is 16. The molecule has 0 aliphatic carbocycles. The van der Waals surface area contributed by atoms with Gasteiger partial charge in [0.1, 0.15) is 0 Å². The summed E-state index contributed by atoms with van der Waals surface area (Å²) < 4.78 is 0. The monoisotopic (exact) mass is 348 g/mol. The fourth-order valence-electron chi connectivity index (χ4n) is 3.26. The van der Waals surface area contributed by atoms with Crippen molar-refractivity contribution >= 4 is 0 Å². The largest absolute Gasteiger partial charge is 0.0885 e. The standard InChI is InChI=1S/C25H48/c1-3-5-7-9-11-13-15-17-19-21-23-25-24-22-20-18-16-14-12-10-8-6-4-2/h11,13,18,20H,3-10,12,14-17,19,21-25H2,1-2H3. The van der Waals surface area contributed by atoms with Crippen LogP contribution in [0.4, 0.5) is 0 Å². The maximum Gasteiger partial charge on any atom is -0.0351 e. The summed E-state index contributed by atoms with van der Waals surface area (Å²) in [5, 5.41) is 0. The van der Waals surface area contributed by atoms with Crippen molar-refractivity contribution in [3.63, 3.8) is 0 Å². The SMILES string of the molecule is CCCCCC=CCCCCCCCCC=CCCCCCCCC. The first kappa shape index (κ1) is 24.5. The molecule has 0 unspecified atom stereocenters. The molecule has 0 N–H and O–H groups in total. The molecule has 0 amide bonds. The first-order chi connectivity index (χ1) is 12.4. The van der Waals surface area contributed by atoms with Gasteiger partial charge in [0.15, 0.2) is 0 Å². The summed E-state index contributed by atoms with van der Waals surface area (Å²) in [4.78, 5) is 0. The van der Waals surface area contributed by atoms with Crippen LogP contribution in [0.1, 0.15) is 136 Å². The maximum atomic E-state index is 2.43. The van der Waals surface area contributed by atoms with E-state index >= 15 is 0 Å².